The molecule has 1 heteroatoms. The van der Waals surface area contributed by atoms with Crippen LogP contribution in [0.1, 0.15) is 297 Å². The Bertz CT molecular complexity index is 595. The fourth-order valence-electron chi connectivity index (χ4n) is 8.42. The van der Waals surface area contributed by atoms with Gasteiger partial charge in [-0.1, -0.05) is 272 Å². The summed E-state index contributed by atoms with van der Waals surface area (Å²) >= 11 is 0. The smallest absolute Gasteiger partial charge is 0.132 e. The Morgan fingerprint density at radius 3 is 0.660 bits per heavy atom. The monoisotopic (exact) mass is 703 g/mol. The molecule has 0 aliphatic carbocycles. The molecule has 0 amide bonds. The molecule has 300 valence electrons. The lowest BCUT2D eigenvalue weighted by Crippen LogP contribution is -2.02. The first-order valence-corrected chi connectivity index (χ1v) is 24.2. The maximum absolute atomic E-state index is 12.5. The fourth-order valence-corrected chi connectivity index (χ4v) is 8.42. The van der Waals surface area contributed by atoms with Gasteiger partial charge in [0, 0.05) is 12.8 Å². The van der Waals surface area contributed by atoms with Gasteiger partial charge in [0.25, 0.3) is 0 Å². The number of hydrogen-bond donors (Lipinski definition) is 0. The van der Waals surface area contributed by atoms with E-state index in [1.54, 1.807) is 0 Å². The van der Waals surface area contributed by atoms with Crippen LogP contribution < -0.4 is 0 Å². The van der Waals surface area contributed by atoms with E-state index in [0.29, 0.717) is 5.78 Å². The molecule has 0 aliphatic rings. The Hall–Kier alpha value is -0.330. The molecule has 0 bridgehead atoms. The summed E-state index contributed by atoms with van der Waals surface area (Å²) in [5.41, 5.74) is 0. The number of rotatable bonds is 44. The Morgan fingerprint density at radius 1 is 0.260 bits per heavy atom. The lowest BCUT2D eigenvalue weighted by atomic mass is 9.89. The third-order valence-electron chi connectivity index (χ3n) is 12.0. The number of Topliss-reactive ketones (excluding diaryl/α,β-unsaturated/α-hetero) is 1. The van der Waals surface area contributed by atoms with Crippen molar-refractivity contribution in [3.8, 4) is 0 Å². The average Bonchev–Trinajstić information content (AvgIpc) is 3.12. The number of unbranched alkanes of at least 4 members (excludes halogenated alkanes) is 28. The standard InChI is InChI=1S/C49H98O/c1-5-9-13-17-25-33-41-48(42-34-26-18-14-10-6-2)44-36-28-22-30-38-46-49(50)45-37-29-21-19-20-27-35-43-47(39-31-23-15-11-7-3)40-32-24-16-12-8-4/h47-48H,5-46H2,1-4H3. The van der Waals surface area contributed by atoms with Crippen molar-refractivity contribution in [1.82, 2.24) is 0 Å². The van der Waals surface area contributed by atoms with E-state index in [0.717, 1.165) is 37.5 Å². The summed E-state index contributed by atoms with van der Waals surface area (Å²) in [5, 5.41) is 0. The number of ketones is 1. The molecule has 0 radical (unpaired) electrons. The molecule has 0 fully saturated rings. The fraction of sp³-hybridized carbons (Fsp3) is 0.980. The van der Waals surface area contributed by atoms with Crippen LogP contribution in [0.25, 0.3) is 0 Å². The Balaban J connectivity index is 3.86. The largest absolute Gasteiger partial charge is 0.300 e. The van der Waals surface area contributed by atoms with Crippen LogP contribution in [0, 0.1) is 11.8 Å². The second kappa shape index (κ2) is 43.1. The van der Waals surface area contributed by atoms with Gasteiger partial charge in [-0.2, -0.15) is 0 Å². The third-order valence-corrected chi connectivity index (χ3v) is 12.0. The summed E-state index contributed by atoms with van der Waals surface area (Å²) in [5.74, 6) is 2.51. The molecule has 0 aliphatic heterocycles. The molecule has 0 saturated carbocycles. The van der Waals surface area contributed by atoms with E-state index in [4.69, 9.17) is 0 Å². The van der Waals surface area contributed by atoms with Crippen LogP contribution in [-0.2, 0) is 4.79 Å². The van der Waals surface area contributed by atoms with Crippen molar-refractivity contribution in [1.29, 1.82) is 0 Å². The molecule has 0 atom stereocenters. The van der Waals surface area contributed by atoms with E-state index >= 15 is 0 Å². The molecule has 0 rings (SSSR count). The van der Waals surface area contributed by atoms with Crippen molar-refractivity contribution in [3.05, 3.63) is 0 Å². The second-order valence-electron chi connectivity index (χ2n) is 17.1. The van der Waals surface area contributed by atoms with Gasteiger partial charge < -0.3 is 0 Å². The van der Waals surface area contributed by atoms with Gasteiger partial charge in [-0.3, -0.25) is 4.79 Å². The zero-order valence-corrected chi connectivity index (χ0v) is 35.8. The number of hydrogen-bond acceptors (Lipinski definition) is 1. The van der Waals surface area contributed by atoms with Crippen LogP contribution >= 0.6 is 0 Å². The van der Waals surface area contributed by atoms with E-state index in [-0.39, 0.29) is 0 Å². The number of carbonyl (C=O) groups is 1. The zero-order chi connectivity index (χ0) is 36.4. The minimum Gasteiger partial charge on any atom is -0.300 e. The van der Waals surface area contributed by atoms with E-state index < -0.39 is 0 Å². The van der Waals surface area contributed by atoms with Crippen LogP contribution in [0.2, 0.25) is 0 Å². The first-order chi connectivity index (χ1) is 24.7. The van der Waals surface area contributed by atoms with E-state index in [2.05, 4.69) is 27.7 Å². The molecule has 0 aromatic carbocycles. The normalized spacial score (nSPS) is 11.8. The molecular formula is C49H98O. The average molecular weight is 703 g/mol. The van der Waals surface area contributed by atoms with Gasteiger partial charge in [-0.05, 0) is 24.7 Å². The highest BCUT2D eigenvalue weighted by atomic mass is 16.1. The second-order valence-corrected chi connectivity index (χ2v) is 17.1. The summed E-state index contributed by atoms with van der Waals surface area (Å²) < 4.78 is 0. The van der Waals surface area contributed by atoms with Crippen molar-refractivity contribution in [2.24, 2.45) is 11.8 Å². The molecule has 0 aromatic heterocycles. The predicted molar refractivity (Wildman–Crippen MR) is 229 cm³/mol. The summed E-state index contributed by atoms with van der Waals surface area (Å²) in [6.07, 6.45) is 58.1. The topological polar surface area (TPSA) is 17.1 Å². The Morgan fingerprint density at radius 2 is 0.440 bits per heavy atom. The van der Waals surface area contributed by atoms with Gasteiger partial charge in [0.15, 0.2) is 0 Å². The van der Waals surface area contributed by atoms with Gasteiger partial charge in [-0.15, -0.1) is 0 Å². The summed E-state index contributed by atoms with van der Waals surface area (Å²) in [6, 6.07) is 0. The molecule has 0 aromatic rings. The summed E-state index contributed by atoms with van der Waals surface area (Å²) in [4.78, 5) is 12.5. The predicted octanol–water partition coefficient (Wildman–Crippen LogP) is 18.3. The molecule has 0 saturated heterocycles. The van der Waals surface area contributed by atoms with Gasteiger partial charge >= 0.3 is 0 Å². The first kappa shape index (κ1) is 49.7. The lowest BCUT2D eigenvalue weighted by Gasteiger charge is -2.17. The maximum Gasteiger partial charge on any atom is 0.132 e. The van der Waals surface area contributed by atoms with Gasteiger partial charge in [-0.25, -0.2) is 0 Å². The van der Waals surface area contributed by atoms with Crippen LogP contribution in [0.4, 0.5) is 0 Å². The molecule has 0 spiro atoms. The Kier molecular flexibility index (Phi) is 42.8. The van der Waals surface area contributed by atoms with Crippen molar-refractivity contribution in [3.63, 3.8) is 0 Å². The van der Waals surface area contributed by atoms with Gasteiger partial charge in [0.05, 0.1) is 0 Å². The van der Waals surface area contributed by atoms with Crippen LogP contribution in [0.5, 0.6) is 0 Å². The highest BCUT2D eigenvalue weighted by molar-refractivity contribution is 5.78. The van der Waals surface area contributed by atoms with Crippen LogP contribution in [-0.4, -0.2) is 5.78 Å². The molecule has 1 nitrogen and oxygen atoms in total. The van der Waals surface area contributed by atoms with Gasteiger partial charge in [0.2, 0.25) is 0 Å². The van der Waals surface area contributed by atoms with Crippen molar-refractivity contribution >= 4 is 5.78 Å². The number of carbonyl (C=O) groups excluding carboxylic acids is 1. The van der Waals surface area contributed by atoms with Crippen molar-refractivity contribution in [2.75, 3.05) is 0 Å². The quantitative estimate of drug-likeness (QED) is 0.0578. The molecule has 0 heterocycles. The minimum absolute atomic E-state index is 0.540. The van der Waals surface area contributed by atoms with E-state index in [1.807, 2.05) is 0 Å². The zero-order valence-electron chi connectivity index (χ0n) is 35.8. The van der Waals surface area contributed by atoms with Crippen molar-refractivity contribution < 1.29 is 4.79 Å². The minimum atomic E-state index is 0.540. The molecular weight excluding hydrogens is 605 g/mol. The highest BCUT2D eigenvalue weighted by Gasteiger charge is 2.10. The molecule has 50 heavy (non-hydrogen) atoms. The van der Waals surface area contributed by atoms with Crippen molar-refractivity contribution in [2.45, 2.75) is 297 Å². The van der Waals surface area contributed by atoms with Gasteiger partial charge in [0.1, 0.15) is 5.78 Å². The lowest BCUT2D eigenvalue weighted by molar-refractivity contribution is -0.119. The summed E-state index contributed by atoms with van der Waals surface area (Å²) in [7, 11) is 0. The maximum atomic E-state index is 12.5. The molecule has 0 unspecified atom stereocenters. The molecule has 0 N–H and O–H groups in total. The summed E-state index contributed by atoms with van der Waals surface area (Å²) in [6.45, 7) is 9.29. The third kappa shape index (κ3) is 38.9. The Labute approximate surface area is 318 Å². The van der Waals surface area contributed by atoms with Crippen LogP contribution in [0.15, 0.2) is 0 Å². The first-order valence-electron chi connectivity index (χ1n) is 24.2. The SMILES string of the molecule is CCCCCCCCC(CCCCCCCC)CCCCCCCC(=O)CCCCCCCCCC(CCCCCCC)CCCCCCC. The van der Waals surface area contributed by atoms with E-state index in [9.17, 15) is 4.79 Å². The highest BCUT2D eigenvalue weighted by Crippen LogP contribution is 2.26. The van der Waals surface area contributed by atoms with Crippen LogP contribution in [0.3, 0.4) is 0 Å². The van der Waals surface area contributed by atoms with E-state index in [1.165, 1.54) is 244 Å².